The van der Waals surface area contributed by atoms with Crippen LogP contribution in [0.2, 0.25) is 5.02 Å². The van der Waals surface area contributed by atoms with Crippen LogP contribution >= 0.6 is 11.6 Å². The van der Waals surface area contributed by atoms with Gasteiger partial charge < -0.3 is 5.32 Å². The Hall–Kier alpha value is -1.69. The molecule has 0 spiro atoms. The Bertz CT molecular complexity index is 563. The van der Waals surface area contributed by atoms with Gasteiger partial charge in [0.15, 0.2) is 0 Å². The summed E-state index contributed by atoms with van der Waals surface area (Å²) in [6.45, 7) is 1.68. The third-order valence-corrected chi connectivity index (χ3v) is 3.62. The van der Waals surface area contributed by atoms with Gasteiger partial charge in [-0.25, -0.2) is 15.4 Å². The van der Waals surface area contributed by atoms with E-state index in [1.807, 2.05) is 18.2 Å². The van der Waals surface area contributed by atoms with E-state index >= 15 is 0 Å². The summed E-state index contributed by atoms with van der Waals surface area (Å²) in [5, 5.41) is 4.02. The number of hydrazine groups is 1. The average molecular weight is 290 g/mol. The van der Waals surface area contributed by atoms with Gasteiger partial charge in [-0.1, -0.05) is 23.7 Å². The van der Waals surface area contributed by atoms with Crippen molar-refractivity contribution in [2.75, 3.05) is 18.4 Å². The van der Waals surface area contributed by atoms with Gasteiger partial charge in [-0.2, -0.15) is 0 Å². The number of anilines is 1. The maximum Gasteiger partial charge on any atom is 0.222 e. The summed E-state index contributed by atoms with van der Waals surface area (Å²) in [7, 11) is 0. The number of rotatable bonds is 4. The van der Waals surface area contributed by atoms with E-state index in [2.05, 4.69) is 32.2 Å². The molecule has 0 aliphatic carbocycles. The van der Waals surface area contributed by atoms with Gasteiger partial charge in [0, 0.05) is 36.4 Å². The second-order valence-corrected chi connectivity index (χ2v) is 5.21. The predicted molar refractivity (Wildman–Crippen MR) is 79.3 cm³/mol. The van der Waals surface area contributed by atoms with E-state index in [0.717, 1.165) is 18.1 Å². The molecule has 3 rings (SSSR count). The van der Waals surface area contributed by atoms with E-state index in [1.165, 1.54) is 5.56 Å². The van der Waals surface area contributed by atoms with Crippen molar-refractivity contribution < 1.29 is 0 Å². The van der Waals surface area contributed by atoms with Crippen molar-refractivity contribution in [1.82, 2.24) is 20.8 Å². The van der Waals surface area contributed by atoms with Crippen molar-refractivity contribution in [2.45, 2.75) is 6.04 Å². The van der Waals surface area contributed by atoms with Crippen LogP contribution in [-0.2, 0) is 0 Å². The first-order valence-corrected chi connectivity index (χ1v) is 6.95. The smallest absolute Gasteiger partial charge is 0.222 e. The lowest BCUT2D eigenvalue weighted by Crippen LogP contribution is -2.26. The van der Waals surface area contributed by atoms with Gasteiger partial charge in [0.25, 0.3) is 0 Å². The third-order valence-electron chi connectivity index (χ3n) is 3.39. The molecule has 1 aromatic carbocycles. The van der Waals surface area contributed by atoms with Crippen LogP contribution in [0.4, 0.5) is 5.95 Å². The van der Waals surface area contributed by atoms with Gasteiger partial charge in [0.1, 0.15) is 0 Å². The Morgan fingerprint density at radius 2 is 2.10 bits per heavy atom. The predicted octanol–water partition coefficient (Wildman–Crippen LogP) is 2.01. The van der Waals surface area contributed by atoms with Gasteiger partial charge in [0.2, 0.25) is 5.95 Å². The molecule has 1 aliphatic rings. The Labute approximate surface area is 122 Å². The highest BCUT2D eigenvalue weighted by atomic mass is 35.5. The second kappa shape index (κ2) is 6.17. The number of benzene rings is 1. The van der Waals surface area contributed by atoms with E-state index in [1.54, 1.807) is 18.5 Å². The molecule has 2 aromatic rings. The lowest BCUT2D eigenvalue weighted by atomic mass is 9.95. The van der Waals surface area contributed by atoms with Gasteiger partial charge in [0.05, 0.1) is 6.04 Å². The van der Waals surface area contributed by atoms with E-state index < -0.39 is 0 Å². The van der Waals surface area contributed by atoms with Gasteiger partial charge in [-0.3, -0.25) is 5.43 Å². The van der Waals surface area contributed by atoms with E-state index in [-0.39, 0.29) is 6.04 Å². The Morgan fingerprint density at radius 1 is 1.25 bits per heavy atom. The van der Waals surface area contributed by atoms with Crippen LogP contribution in [0.25, 0.3) is 0 Å². The summed E-state index contributed by atoms with van der Waals surface area (Å²) in [6.07, 6.45) is 3.46. The van der Waals surface area contributed by atoms with Crippen LogP contribution in [0.1, 0.15) is 11.6 Å². The molecule has 0 bridgehead atoms. The van der Waals surface area contributed by atoms with Crippen molar-refractivity contribution >= 4 is 17.5 Å². The molecule has 6 heteroatoms. The summed E-state index contributed by atoms with van der Waals surface area (Å²) in [5.74, 6) is 1.06. The zero-order valence-electron chi connectivity index (χ0n) is 10.9. The third kappa shape index (κ3) is 3.07. The lowest BCUT2D eigenvalue weighted by Gasteiger charge is -2.19. The van der Waals surface area contributed by atoms with Gasteiger partial charge in [-0.05, 0) is 23.8 Å². The molecule has 1 aromatic heterocycles. The van der Waals surface area contributed by atoms with Crippen LogP contribution in [-0.4, -0.2) is 23.1 Å². The van der Waals surface area contributed by atoms with Crippen molar-refractivity contribution in [1.29, 1.82) is 0 Å². The summed E-state index contributed by atoms with van der Waals surface area (Å²) < 4.78 is 0. The normalized spacial score (nSPS) is 21.9. The molecular formula is C14H16ClN5. The fourth-order valence-electron chi connectivity index (χ4n) is 2.39. The molecule has 0 amide bonds. The molecule has 1 saturated heterocycles. The topological polar surface area (TPSA) is 61.9 Å². The average Bonchev–Trinajstić information content (AvgIpc) is 2.95. The number of aromatic nitrogens is 2. The number of nitrogens with zero attached hydrogens (tertiary/aromatic N) is 2. The highest BCUT2D eigenvalue weighted by Crippen LogP contribution is 2.26. The first-order chi connectivity index (χ1) is 9.83. The number of hydrogen-bond acceptors (Lipinski definition) is 5. The number of hydrogen-bond donors (Lipinski definition) is 3. The minimum atomic E-state index is 0.227. The lowest BCUT2D eigenvalue weighted by molar-refractivity contribution is 0.492. The molecular weight excluding hydrogens is 274 g/mol. The monoisotopic (exact) mass is 289 g/mol. The van der Waals surface area contributed by atoms with Crippen LogP contribution in [0.3, 0.4) is 0 Å². The van der Waals surface area contributed by atoms with Gasteiger partial charge in [-0.15, -0.1) is 0 Å². The molecule has 20 heavy (non-hydrogen) atoms. The number of nitrogens with one attached hydrogen (secondary N) is 3. The van der Waals surface area contributed by atoms with Crippen molar-refractivity contribution in [3.8, 4) is 0 Å². The zero-order chi connectivity index (χ0) is 13.8. The van der Waals surface area contributed by atoms with E-state index in [0.29, 0.717) is 11.9 Å². The Balaban J connectivity index is 1.67. The van der Waals surface area contributed by atoms with Crippen molar-refractivity contribution in [3.05, 3.63) is 53.3 Å². The maximum atomic E-state index is 6.06. The van der Waals surface area contributed by atoms with Crippen molar-refractivity contribution in [2.24, 2.45) is 5.92 Å². The fourth-order valence-corrected chi connectivity index (χ4v) is 2.59. The Kier molecular flexibility index (Phi) is 4.11. The fraction of sp³-hybridized carbons (Fsp3) is 0.286. The largest absolute Gasteiger partial charge is 0.354 e. The minimum absolute atomic E-state index is 0.227. The van der Waals surface area contributed by atoms with Crippen molar-refractivity contribution in [3.63, 3.8) is 0 Å². The standard InChI is InChI=1S/C14H16ClN5/c15-12-4-1-3-10(7-12)13-11(9-19-20-13)8-18-14-16-5-2-6-17-14/h1-7,11,13,19-20H,8-9H2,(H,16,17,18). The Morgan fingerprint density at radius 3 is 2.90 bits per heavy atom. The van der Waals surface area contributed by atoms with Gasteiger partial charge >= 0.3 is 0 Å². The zero-order valence-corrected chi connectivity index (χ0v) is 11.6. The molecule has 1 aliphatic heterocycles. The quantitative estimate of drug-likeness (QED) is 0.804. The first kappa shape index (κ1) is 13.3. The highest BCUT2D eigenvalue weighted by Gasteiger charge is 2.28. The second-order valence-electron chi connectivity index (χ2n) is 4.77. The summed E-state index contributed by atoms with van der Waals surface area (Å²) in [5.41, 5.74) is 7.68. The summed E-state index contributed by atoms with van der Waals surface area (Å²) in [4.78, 5) is 8.33. The summed E-state index contributed by atoms with van der Waals surface area (Å²) >= 11 is 6.06. The summed E-state index contributed by atoms with van der Waals surface area (Å²) in [6, 6.07) is 9.98. The van der Waals surface area contributed by atoms with Crippen LogP contribution in [0.5, 0.6) is 0 Å². The minimum Gasteiger partial charge on any atom is -0.354 e. The maximum absolute atomic E-state index is 6.06. The molecule has 0 radical (unpaired) electrons. The molecule has 104 valence electrons. The van der Waals surface area contributed by atoms with Crippen LogP contribution in [0.15, 0.2) is 42.7 Å². The highest BCUT2D eigenvalue weighted by molar-refractivity contribution is 6.30. The van der Waals surface area contributed by atoms with Crippen LogP contribution in [0, 0.1) is 5.92 Å². The number of halogens is 1. The molecule has 0 saturated carbocycles. The molecule has 5 nitrogen and oxygen atoms in total. The SMILES string of the molecule is Clc1cccc(C2NNCC2CNc2ncccn2)c1. The molecule has 1 fully saturated rings. The van der Waals surface area contributed by atoms with E-state index in [9.17, 15) is 0 Å². The van der Waals surface area contributed by atoms with Crippen LogP contribution < -0.4 is 16.2 Å². The molecule has 2 unspecified atom stereocenters. The molecule has 2 atom stereocenters. The molecule has 3 N–H and O–H groups in total. The molecule has 2 heterocycles. The van der Waals surface area contributed by atoms with E-state index in [4.69, 9.17) is 11.6 Å². The first-order valence-electron chi connectivity index (χ1n) is 6.57.